The number of aliphatic carboxylic acids is 1. The maximum atomic E-state index is 13.8. The zero-order chi connectivity index (χ0) is 26.5. The van der Waals surface area contributed by atoms with E-state index in [-0.39, 0.29) is 30.3 Å². The van der Waals surface area contributed by atoms with Crippen LogP contribution in [0, 0.1) is 23.7 Å². The third-order valence-electron chi connectivity index (χ3n) is 8.64. The molecular formula is C30H43NO5S. The van der Waals surface area contributed by atoms with Gasteiger partial charge in [-0.3, -0.25) is 9.59 Å². The normalized spacial score (nSPS) is 26.4. The van der Waals surface area contributed by atoms with E-state index < -0.39 is 17.8 Å². The van der Waals surface area contributed by atoms with Gasteiger partial charge in [-0.1, -0.05) is 56.1 Å². The molecule has 2 bridgehead atoms. The Hall–Kier alpha value is -2.15. The number of carbonyl (C=O) groups excluding carboxylic acids is 2. The number of hydrogen-bond donors (Lipinski definition) is 2. The van der Waals surface area contributed by atoms with Gasteiger partial charge in [-0.25, -0.2) is 4.79 Å². The summed E-state index contributed by atoms with van der Waals surface area (Å²) in [7, 11) is 0. The Morgan fingerprint density at radius 1 is 0.892 bits per heavy atom. The number of ether oxygens (including phenoxy) is 1. The topological polar surface area (TPSA) is 92.7 Å². The van der Waals surface area contributed by atoms with Crippen LogP contribution in [0.3, 0.4) is 0 Å². The molecule has 0 spiro atoms. The monoisotopic (exact) mass is 529 g/mol. The average molecular weight is 530 g/mol. The summed E-state index contributed by atoms with van der Waals surface area (Å²) in [5.74, 6) is -2.97. The Balaban J connectivity index is 1.65. The number of hydrogen-bond acceptors (Lipinski definition) is 5. The molecule has 204 valence electrons. The van der Waals surface area contributed by atoms with Crippen LogP contribution >= 0.6 is 11.3 Å². The van der Waals surface area contributed by atoms with E-state index in [1.54, 1.807) is 6.92 Å². The molecule has 1 amide bonds. The number of carboxylic acid groups (broad SMARTS) is 1. The quantitative estimate of drug-likeness (QED) is 0.312. The third-order valence-corrected chi connectivity index (χ3v) is 9.85. The number of allylic oxidation sites excluding steroid dienone is 2. The second kappa shape index (κ2) is 12.6. The van der Waals surface area contributed by atoms with Gasteiger partial charge < -0.3 is 15.2 Å². The molecule has 3 aliphatic carbocycles. The first-order valence-electron chi connectivity index (χ1n) is 14.4. The molecule has 1 aromatic rings. The van der Waals surface area contributed by atoms with E-state index in [4.69, 9.17) is 4.74 Å². The Morgan fingerprint density at radius 3 is 2.03 bits per heavy atom. The molecule has 2 fully saturated rings. The maximum Gasteiger partial charge on any atom is 0.341 e. The summed E-state index contributed by atoms with van der Waals surface area (Å²) in [5.41, 5.74) is 3.83. The van der Waals surface area contributed by atoms with Gasteiger partial charge in [-0.05, 0) is 76.7 Å². The van der Waals surface area contributed by atoms with Crippen LogP contribution in [-0.4, -0.2) is 29.6 Å². The average Bonchev–Trinajstić information content (AvgIpc) is 3.52. The molecule has 0 aromatic carbocycles. The van der Waals surface area contributed by atoms with E-state index in [0.29, 0.717) is 10.6 Å². The van der Waals surface area contributed by atoms with Crippen molar-refractivity contribution in [1.29, 1.82) is 0 Å². The molecular weight excluding hydrogens is 486 g/mol. The van der Waals surface area contributed by atoms with Gasteiger partial charge in [-0.2, -0.15) is 0 Å². The molecule has 1 aromatic heterocycles. The van der Waals surface area contributed by atoms with Crippen molar-refractivity contribution in [3.05, 3.63) is 27.2 Å². The first-order chi connectivity index (χ1) is 17.8. The number of anilines is 1. The Morgan fingerprint density at radius 2 is 1.46 bits per heavy atom. The number of fused-ring (bicyclic) bond motifs is 3. The van der Waals surface area contributed by atoms with Gasteiger partial charge in [0, 0.05) is 4.88 Å². The fourth-order valence-corrected chi connectivity index (χ4v) is 8.39. The number of thiophene rings is 1. The van der Waals surface area contributed by atoms with Crippen LogP contribution < -0.4 is 5.32 Å². The first kappa shape index (κ1) is 27.9. The van der Waals surface area contributed by atoms with Crippen LogP contribution in [0.25, 0.3) is 0 Å². The van der Waals surface area contributed by atoms with Gasteiger partial charge in [0.1, 0.15) is 5.00 Å². The molecule has 0 aliphatic heterocycles. The highest BCUT2D eigenvalue weighted by atomic mass is 32.1. The van der Waals surface area contributed by atoms with Crippen molar-refractivity contribution in [3.63, 3.8) is 0 Å². The molecule has 0 radical (unpaired) electrons. The molecule has 2 saturated carbocycles. The molecule has 3 aliphatic rings. The lowest BCUT2D eigenvalue weighted by Crippen LogP contribution is -2.38. The zero-order valence-electron chi connectivity index (χ0n) is 22.7. The van der Waals surface area contributed by atoms with Gasteiger partial charge in [0.15, 0.2) is 0 Å². The number of aryl methyl sites for hydroxylation is 1. The first-order valence-corrected chi connectivity index (χ1v) is 15.2. The minimum absolute atomic E-state index is 0.0356. The van der Waals surface area contributed by atoms with Crippen LogP contribution in [0.15, 0.2) is 11.1 Å². The van der Waals surface area contributed by atoms with Crippen LogP contribution in [0.2, 0.25) is 0 Å². The summed E-state index contributed by atoms with van der Waals surface area (Å²) in [5, 5.41) is 13.7. The fraction of sp³-hybridized carbons (Fsp3) is 0.700. The number of carbonyl (C=O) groups is 3. The van der Waals surface area contributed by atoms with Gasteiger partial charge in [0.2, 0.25) is 5.91 Å². The number of carboxylic acids is 1. The van der Waals surface area contributed by atoms with Gasteiger partial charge >= 0.3 is 11.9 Å². The lowest BCUT2D eigenvalue weighted by atomic mass is 9.78. The second-order valence-corrected chi connectivity index (χ2v) is 12.3. The third kappa shape index (κ3) is 5.97. The summed E-state index contributed by atoms with van der Waals surface area (Å²) in [6.07, 6.45) is 14.1. The fourth-order valence-electron chi connectivity index (χ4n) is 7.11. The molecule has 2 N–H and O–H groups in total. The summed E-state index contributed by atoms with van der Waals surface area (Å²) in [6.45, 7) is 6.12. The molecule has 4 atom stereocenters. The predicted octanol–water partition coefficient (Wildman–Crippen LogP) is 7.17. The van der Waals surface area contributed by atoms with E-state index >= 15 is 0 Å². The minimum atomic E-state index is -0.897. The molecule has 1 heterocycles. The van der Waals surface area contributed by atoms with Crippen molar-refractivity contribution >= 4 is 34.2 Å². The molecule has 6 nitrogen and oxygen atoms in total. The van der Waals surface area contributed by atoms with Crippen LogP contribution in [0.1, 0.15) is 112 Å². The largest absolute Gasteiger partial charge is 0.481 e. The van der Waals surface area contributed by atoms with Gasteiger partial charge in [0.05, 0.1) is 24.0 Å². The lowest BCUT2D eigenvalue weighted by molar-refractivity contribution is -0.148. The number of amides is 1. The van der Waals surface area contributed by atoms with Crippen molar-refractivity contribution in [2.45, 2.75) is 104 Å². The van der Waals surface area contributed by atoms with Crippen LogP contribution in [-0.2, 0) is 27.2 Å². The van der Waals surface area contributed by atoms with Crippen molar-refractivity contribution in [2.75, 3.05) is 11.9 Å². The van der Waals surface area contributed by atoms with Crippen molar-refractivity contribution in [3.8, 4) is 0 Å². The molecule has 4 rings (SSSR count). The number of rotatable bonds is 5. The Bertz CT molecular complexity index is 1040. The summed E-state index contributed by atoms with van der Waals surface area (Å²) in [4.78, 5) is 40.4. The van der Waals surface area contributed by atoms with E-state index in [1.807, 2.05) is 13.8 Å². The molecule has 37 heavy (non-hydrogen) atoms. The minimum Gasteiger partial charge on any atom is -0.481 e. The Kier molecular flexibility index (Phi) is 9.49. The summed E-state index contributed by atoms with van der Waals surface area (Å²) in [6, 6.07) is 0. The lowest BCUT2D eigenvalue weighted by Gasteiger charge is -2.26. The number of nitrogens with one attached hydrogen (secondary N) is 1. The maximum absolute atomic E-state index is 13.8. The summed E-state index contributed by atoms with van der Waals surface area (Å²) < 4.78 is 5.46. The van der Waals surface area contributed by atoms with Gasteiger partial charge in [0.25, 0.3) is 0 Å². The number of esters is 1. The highest BCUT2D eigenvalue weighted by molar-refractivity contribution is 7.17. The zero-order valence-corrected chi connectivity index (χ0v) is 23.5. The Labute approximate surface area is 225 Å². The smallest absolute Gasteiger partial charge is 0.341 e. The standard InChI is InChI=1S/C30H43NO5S/c1-4-36-30(35)26-19-14-12-10-8-6-5-7-9-11-13-15-22(19)37-28(26)31-27(32)24-20-16-17-21(23(20)18(2)3)25(24)29(33)34/h20-21,24-25H,4-17H2,1-3H3,(H,31,32)(H,33,34)/t20-,21+,24+,25-/m0/s1. The van der Waals surface area contributed by atoms with E-state index in [0.717, 1.165) is 61.7 Å². The SMILES string of the molecule is CCOC(=O)c1c(NC(=O)[C@H]2[C@@H](C(=O)O)[C@@H]3CC[C@H]2C3=C(C)C)sc2c1CCCCCCCCCCC2. The van der Waals surface area contributed by atoms with Crippen molar-refractivity contribution in [1.82, 2.24) is 0 Å². The van der Waals surface area contributed by atoms with E-state index in [9.17, 15) is 19.5 Å². The predicted molar refractivity (Wildman–Crippen MR) is 147 cm³/mol. The highest BCUT2D eigenvalue weighted by Crippen LogP contribution is 2.57. The highest BCUT2D eigenvalue weighted by Gasteiger charge is 2.57. The van der Waals surface area contributed by atoms with Gasteiger partial charge in [-0.15, -0.1) is 11.3 Å². The molecule has 7 heteroatoms. The second-order valence-electron chi connectivity index (χ2n) is 11.2. The van der Waals surface area contributed by atoms with E-state index in [2.05, 4.69) is 5.32 Å². The summed E-state index contributed by atoms with van der Waals surface area (Å²) >= 11 is 1.50. The van der Waals surface area contributed by atoms with Crippen molar-refractivity contribution in [2.24, 2.45) is 23.7 Å². The molecule has 0 unspecified atom stereocenters. The van der Waals surface area contributed by atoms with E-state index in [1.165, 1.54) is 54.7 Å². The molecule has 0 saturated heterocycles. The van der Waals surface area contributed by atoms with Crippen LogP contribution in [0.4, 0.5) is 5.00 Å². The van der Waals surface area contributed by atoms with Crippen LogP contribution in [0.5, 0.6) is 0 Å². The van der Waals surface area contributed by atoms with Crippen molar-refractivity contribution < 1.29 is 24.2 Å².